The van der Waals surface area contributed by atoms with Crippen LogP contribution in [0.15, 0.2) is 0 Å². The predicted octanol–water partition coefficient (Wildman–Crippen LogP) is 1.19. The van der Waals surface area contributed by atoms with E-state index in [1.807, 2.05) is 20.8 Å². The molecule has 0 bridgehead atoms. The molecule has 0 rings (SSSR count). The summed E-state index contributed by atoms with van der Waals surface area (Å²) in [6.45, 7) is 7.58. The third-order valence-electron chi connectivity index (χ3n) is 1.16. The van der Waals surface area contributed by atoms with Gasteiger partial charge in [0.1, 0.15) is 4.99 Å². The number of carbonyl (C=O) groups is 1. The summed E-state index contributed by atoms with van der Waals surface area (Å²) in [5, 5.41) is 3.02. The number of thiocarbonyl (C=S) groups is 1. The molecule has 0 saturated heterocycles. The molecule has 13 heavy (non-hydrogen) atoms. The summed E-state index contributed by atoms with van der Waals surface area (Å²) in [5.41, 5.74) is 4.71. The largest absolute Gasteiger partial charge is 0.439 e. The van der Waals surface area contributed by atoms with Crippen molar-refractivity contribution < 1.29 is 9.53 Å². The minimum Gasteiger partial charge on any atom is -0.439 e. The van der Waals surface area contributed by atoms with Gasteiger partial charge in [0.15, 0.2) is 6.10 Å². The van der Waals surface area contributed by atoms with Crippen molar-refractivity contribution in [2.24, 2.45) is 5.73 Å². The average Bonchev–Trinajstić information content (AvgIpc) is 1.81. The van der Waals surface area contributed by atoms with Gasteiger partial charge in [-0.15, -0.1) is 0 Å². The minimum atomic E-state index is -0.814. The van der Waals surface area contributed by atoms with E-state index >= 15 is 0 Å². The minimum absolute atomic E-state index is 0.133. The molecule has 0 heterocycles. The van der Waals surface area contributed by atoms with Gasteiger partial charge in [0.05, 0.1) is 0 Å². The van der Waals surface area contributed by atoms with Gasteiger partial charge in [0.2, 0.25) is 0 Å². The second kappa shape index (κ2) is 4.41. The Morgan fingerprint density at radius 3 is 2.31 bits per heavy atom. The lowest BCUT2D eigenvalue weighted by atomic mass is 10.1. The van der Waals surface area contributed by atoms with Gasteiger partial charge in [-0.1, -0.05) is 12.2 Å². The van der Waals surface area contributed by atoms with E-state index in [0.717, 1.165) is 0 Å². The average molecular weight is 204 g/mol. The predicted molar refractivity (Wildman–Crippen MR) is 55.6 cm³/mol. The van der Waals surface area contributed by atoms with E-state index in [4.69, 9.17) is 22.7 Å². The number of nitrogens with one attached hydrogen (secondary N) is 1. The lowest BCUT2D eigenvalue weighted by Gasteiger charge is -2.25. The molecule has 0 aromatic heterocycles. The fourth-order valence-electron chi connectivity index (χ4n) is 0.699. The van der Waals surface area contributed by atoms with Gasteiger partial charge in [-0.2, -0.15) is 0 Å². The molecule has 4 nitrogen and oxygen atoms in total. The standard InChI is InChI=1S/C8H16N2O2S/c1-5(12-7(9)11)6(13)10-8(2,3)4/h5H,1-4H3,(H2,9,11)(H,10,13)/t5-/m0/s1. The summed E-state index contributed by atoms with van der Waals surface area (Å²) in [5.74, 6) is 0. The Kier molecular flexibility index (Phi) is 4.13. The highest BCUT2D eigenvalue weighted by molar-refractivity contribution is 7.80. The monoisotopic (exact) mass is 204 g/mol. The molecule has 0 saturated carbocycles. The van der Waals surface area contributed by atoms with Gasteiger partial charge < -0.3 is 15.8 Å². The summed E-state index contributed by atoms with van der Waals surface area (Å²) in [6, 6.07) is 0. The number of carbonyl (C=O) groups excluding carboxylic acids is 1. The van der Waals surface area contributed by atoms with Crippen LogP contribution in [0.4, 0.5) is 4.79 Å². The Labute approximate surface area is 83.8 Å². The van der Waals surface area contributed by atoms with Gasteiger partial charge in [-0.3, -0.25) is 0 Å². The number of hydrogen-bond acceptors (Lipinski definition) is 3. The first-order valence-corrected chi connectivity index (χ1v) is 4.41. The number of amides is 1. The summed E-state index contributed by atoms with van der Waals surface area (Å²) >= 11 is 5.00. The van der Waals surface area contributed by atoms with Crippen LogP contribution in [-0.2, 0) is 4.74 Å². The molecule has 5 heteroatoms. The lowest BCUT2D eigenvalue weighted by Crippen LogP contribution is -2.45. The maximum absolute atomic E-state index is 10.4. The zero-order chi connectivity index (χ0) is 10.6. The Morgan fingerprint density at radius 2 is 2.00 bits per heavy atom. The molecule has 0 fully saturated rings. The van der Waals surface area contributed by atoms with Crippen molar-refractivity contribution in [3.05, 3.63) is 0 Å². The molecule has 0 aliphatic heterocycles. The van der Waals surface area contributed by atoms with E-state index < -0.39 is 12.2 Å². The molecule has 1 amide bonds. The third-order valence-corrected chi connectivity index (χ3v) is 1.59. The van der Waals surface area contributed by atoms with Crippen LogP contribution in [0.5, 0.6) is 0 Å². The van der Waals surface area contributed by atoms with Crippen molar-refractivity contribution in [2.45, 2.75) is 39.3 Å². The van der Waals surface area contributed by atoms with E-state index in [0.29, 0.717) is 4.99 Å². The molecular weight excluding hydrogens is 188 g/mol. The molecule has 3 N–H and O–H groups in total. The van der Waals surface area contributed by atoms with Crippen LogP contribution in [0.1, 0.15) is 27.7 Å². The molecule has 0 aromatic rings. The first-order valence-electron chi connectivity index (χ1n) is 4.00. The molecule has 0 aliphatic rings. The third kappa shape index (κ3) is 6.33. The van der Waals surface area contributed by atoms with Crippen LogP contribution >= 0.6 is 12.2 Å². The number of hydrogen-bond donors (Lipinski definition) is 2. The zero-order valence-electron chi connectivity index (χ0n) is 8.38. The summed E-state index contributed by atoms with van der Waals surface area (Å²) in [6.07, 6.45) is -1.29. The molecule has 0 aromatic carbocycles. The van der Waals surface area contributed by atoms with E-state index in [2.05, 4.69) is 5.32 Å². The van der Waals surface area contributed by atoms with Gasteiger partial charge >= 0.3 is 6.09 Å². The van der Waals surface area contributed by atoms with Crippen molar-refractivity contribution in [3.8, 4) is 0 Å². The van der Waals surface area contributed by atoms with Gasteiger partial charge in [0.25, 0.3) is 0 Å². The number of ether oxygens (including phenoxy) is 1. The first-order chi connectivity index (χ1) is 5.72. The van der Waals surface area contributed by atoms with E-state index in [1.165, 1.54) is 0 Å². The Bertz CT molecular complexity index is 211. The van der Waals surface area contributed by atoms with Crippen molar-refractivity contribution in [3.63, 3.8) is 0 Å². The van der Waals surface area contributed by atoms with Crippen LogP contribution in [0, 0.1) is 0 Å². The van der Waals surface area contributed by atoms with Gasteiger partial charge in [0, 0.05) is 5.54 Å². The maximum Gasteiger partial charge on any atom is 0.405 e. The quantitative estimate of drug-likeness (QED) is 0.663. The molecule has 0 unspecified atom stereocenters. The summed E-state index contributed by atoms with van der Waals surface area (Å²) in [4.78, 5) is 10.9. The van der Waals surface area contributed by atoms with E-state index in [-0.39, 0.29) is 5.54 Å². The Morgan fingerprint density at radius 1 is 1.54 bits per heavy atom. The number of primary amides is 1. The SMILES string of the molecule is C[C@H](OC(N)=O)C(=S)NC(C)(C)C. The van der Waals surface area contributed by atoms with Crippen molar-refractivity contribution in [1.29, 1.82) is 0 Å². The molecule has 0 radical (unpaired) electrons. The normalized spacial score (nSPS) is 13.2. The van der Waals surface area contributed by atoms with Crippen LogP contribution < -0.4 is 11.1 Å². The maximum atomic E-state index is 10.4. The molecule has 1 atom stereocenters. The summed E-state index contributed by atoms with van der Waals surface area (Å²) < 4.78 is 4.69. The molecular formula is C8H16N2O2S. The highest BCUT2D eigenvalue weighted by Crippen LogP contribution is 2.02. The molecule has 76 valence electrons. The highest BCUT2D eigenvalue weighted by atomic mass is 32.1. The topological polar surface area (TPSA) is 64.3 Å². The van der Waals surface area contributed by atoms with Gasteiger partial charge in [-0.05, 0) is 27.7 Å². The molecule has 0 aliphatic carbocycles. The fourth-order valence-corrected chi connectivity index (χ4v) is 1.05. The lowest BCUT2D eigenvalue weighted by molar-refractivity contribution is 0.143. The van der Waals surface area contributed by atoms with Crippen molar-refractivity contribution in [1.82, 2.24) is 5.32 Å². The second-order valence-electron chi connectivity index (χ2n) is 3.82. The van der Waals surface area contributed by atoms with Crippen LogP contribution in [0.3, 0.4) is 0 Å². The van der Waals surface area contributed by atoms with Crippen molar-refractivity contribution in [2.75, 3.05) is 0 Å². The summed E-state index contributed by atoms with van der Waals surface area (Å²) in [7, 11) is 0. The van der Waals surface area contributed by atoms with Gasteiger partial charge in [-0.25, -0.2) is 4.79 Å². The Hall–Kier alpha value is -0.840. The van der Waals surface area contributed by atoms with Crippen molar-refractivity contribution >= 4 is 23.3 Å². The number of rotatable bonds is 2. The first kappa shape index (κ1) is 12.2. The van der Waals surface area contributed by atoms with E-state index in [1.54, 1.807) is 6.92 Å². The van der Waals surface area contributed by atoms with E-state index in [9.17, 15) is 4.79 Å². The highest BCUT2D eigenvalue weighted by Gasteiger charge is 2.17. The van der Waals surface area contributed by atoms with Crippen LogP contribution in [0.2, 0.25) is 0 Å². The second-order valence-corrected chi connectivity index (χ2v) is 4.26. The zero-order valence-corrected chi connectivity index (χ0v) is 9.20. The van der Waals surface area contributed by atoms with Crippen LogP contribution in [0.25, 0.3) is 0 Å². The van der Waals surface area contributed by atoms with Crippen LogP contribution in [-0.4, -0.2) is 22.7 Å². The molecule has 0 spiro atoms. The number of nitrogens with two attached hydrogens (primary N) is 1. The fraction of sp³-hybridized carbons (Fsp3) is 0.750. The smallest absolute Gasteiger partial charge is 0.405 e. The Balaban J connectivity index is 4.05.